The van der Waals surface area contributed by atoms with Gasteiger partial charge in [0.1, 0.15) is 5.54 Å². The van der Waals surface area contributed by atoms with E-state index in [0.717, 1.165) is 12.0 Å². The zero-order valence-electron chi connectivity index (χ0n) is 11.1. The second kappa shape index (κ2) is 4.91. The predicted octanol–water partition coefficient (Wildman–Crippen LogP) is 0.569. The Hall–Kier alpha value is -2.05. The van der Waals surface area contributed by atoms with Crippen LogP contribution in [0.1, 0.15) is 24.8 Å². The zero-order valence-corrected chi connectivity index (χ0v) is 11.1. The van der Waals surface area contributed by atoms with Gasteiger partial charge >= 0.3 is 12.0 Å². The van der Waals surface area contributed by atoms with Crippen LogP contribution in [0.5, 0.6) is 0 Å². The quantitative estimate of drug-likeness (QED) is 0.834. The molecule has 2 rings (SSSR count). The lowest BCUT2D eigenvalue weighted by Gasteiger charge is -2.39. The highest BCUT2D eigenvalue weighted by Gasteiger charge is 2.46. The number of aromatic nitrogens is 2. The van der Waals surface area contributed by atoms with E-state index in [1.807, 2.05) is 6.20 Å². The van der Waals surface area contributed by atoms with Crippen LogP contribution in [0.15, 0.2) is 12.4 Å². The number of amides is 2. The van der Waals surface area contributed by atoms with Crippen molar-refractivity contribution >= 4 is 12.0 Å². The van der Waals surface area contributed by atoms with E-state index in [1.165, 1.54) is 4.90 Å². The number of aliphatic carboxylic acids is 1. The minimum absolute atomic E-state index is 0.369. The van der Waals surface area contributed by atoms with E-state index in [-0.39, 0.29) is 6.03 Å². The third-order valence-corrected chi connectivity index (χ3v) is 3.49. The number of carboxylic acids is 1. The molecule has 1 aromatic heterocycles. The second-order valence-corrected chi connectivity index (χ2v) is 5.05. The molecule has 1 aromatic rings. The number of carbonyl (C=O) groups is 2. The third kappa shape index (κ3) is 2.69. The normalized spacial score (nSPS) is 16.5. The van der Waals surface area contributed by atoms with Gasteiger partial charge in [-0.25, -0.2) is 9.59 Å². The molecule has 19 heavy (non-hydrogen) atoms. The van der Waals surface area contributed by atoms with Gasteiger partial charge in [-0.2, -0.15) is 5.10 Å². The highest BCUT2D eigenvalue weighted by atomic mass is 16.4. The van der Waals surface area contributed by atoms with Gasteiger partial charge in [0.05, 0.1) is 12.7 Å². The fraction of sp³-hybridized carbons (Fsp3) is 0.583. The first-order valence-corrected chi connectivity index (χ1v) is 6.17. The summed E-state index contributed by atoms with van der Waals surface area (Å²) in [5, 5.41) is 15.8. The maximum absolute atomic E-state index is 12.0. The molecule has 0 saturated heterocycles. The molecule has 0 atom stereocenters. The molecular formula is C12H18N4O3. The van der Waals surface area contributed by atoms with E-state index in [1.54, 1.807) is 25.0 Å². The molecule has 0 bridgehead atoms. The molecule has 104 valence electrons. The summed E-state index contributed by atoms with van der Waals surface area (Å²) in [5.74, 6) is -0.957. The Labute approximate surface area is 111 Å². The molecule has 7 heteroatoms. The first-order valence-electron chi connectivity index (χ1n) is 6.17. The smallest absolute Gasteiger partial charge is 0.329 e. The van der Waals surface area contributed by atoms with Crippen molar-refractivity contribution in [1.82, 2.24) is 20.0 Å². The molecule has 0 unspecified atom stereocenters. The van der Waals surface area contributed by atoms with Crippen molar-refractivity contribution < 1.29 is 14.7 Å². The van der Waals surface area contributed by atoms with Gasteiger partial charge < -0.3 is 15.3 Å². The van der Waals surface area contributed by atoms with E-state index >= 15 is 0 Å². The lowest BCUT2D eigenvalue weighted by Crippen LogP contribution is -2.61. The van der Waals surface area contributed by atoms with Crippen LogP contribution in [0.25, 0.3) is 0 Å². The van der Waals surface area contributed by atoms with Crippen LogP contribution < -0.4 is 5.32 Å². The van der Waals surface area contributed by atoms with Crippen LogP contribution >= 0.6 is 0 Å². The molecule has 7 nitrogen and oxygen atoms in total. The third-order valence-electron chi connectivity index (χ3n) is 3.49. The van der Waals surface area contributed by atoms with Gasteiger partial charge in [-0.15, -0.1) is 0 Å². The van der Waals surface area contributed by atoms with Gasteiger partial charge in [0.25, 0.3) is 0 Å². The Kier molecular flexibility index (Phi) is 3.46. The van der Waals surface area contributed by atoms with Crippen LogP contribution in [-0.2, 0) is 18.4 Å². The molecule has 1 heterocycles. The van der Waals surface area contributed by atoms with Crippen molar-refractivity contribution in [3.8, 4) is 0 Å². The molecule has 0 aliphatic heterocycles. The molecule has 1 fully saturated rings. The highest BCUT2D eigenvalue weighted by Crippen LogP contribution is 2.32. The molecule has 0 radical (unpaired) electrons. The number of nitrogens with one attached hydrogen (secondary N) is 1. The van der Waals surface area contributed by atoms with Crippen LogP contribution in [0.4, 0.5) is 4.79 Å². The average Bonchev–Trinajstić information content (AvgIpc) is 2.68. The summed E-state index contributed by atoms with van der Waals surface area (Å²) in [7, 11) is 3.44. The van der Waals surface area contributed by atoms with Crippen LogP contribution in [0.3, 0.4) is 0 Å². The monoisotopic (exact) mass is 266 g/mol. The topological polar surface area (TPSA) is 87.5 Å². The first-order chi connectivity index (χ1) is 8.93. The van der Waals surface area contributed by atoms with Gasteiger partial charge in [-0.3, -0.25) is 4.68 Å². The molecule has 1 aliphatic rings. The van der Waals surface area contributed by atoms with Crippen molar-refractivity contribution in [3.05, 3.63) is 18.0 Å². The average molecular weight is 266 g/mol. The SMILES string of the molecule is CN(Cc1cnn(C)c1)C(=O)NC1(C(=O)O)CCC1. The molecule has 1 saturated carbocycles. The van der Waals surface area contributed by atoms with Gasteiger partial charge in [-0.05, 0) is 19.3 Å². The van der Waals surface area contributed by atoms with E-state index in [4.69, 9.17) is 5.11 Å². The summed E-state index contributed by atoms with van der Waals surface area (Å²) in [4.78, 5) is 24.6. The Morgan fingerprint density at radius 2 is 2.26 bits per heavy atom. The van der Waals surface area contributed by atoms with Crippen LogP contribution in [0, 0.1) is 0 Å². The molecule has 2 N–H and O–H groups in total. The molecule has 1 aliphatic carbocycles. The Morgan fingerprint density at radius 1 is 1.58 bits per heavy atom. The lowest BCUT2D eigenvalue weighted by atomic mass is 9.77. The van der Waals surface area contributed by atoms with Gasteiger partial charge in [0, 0.05) is 25.9 Å². The molecule has 0 spiro atoms. The highest BCUT2D eigenvalue weighted by molar-refractivity contribution is 5.87. The van der Waals surface area contributed by atoms with Crippen LogP contribution in [-0.4, -0.2) is 44.4 Å². The second-order valence-electron chi connectivity index (χ2n) is 5.05. The Bertz CT molecular complexity index is 493. The zero-order chi connectivity index (χ0) is 14.0. The summed E-state index contributed by atoms with van der Waals surface area (Å²) in [6.07, 6.45) is 5.32. The van der Waals surface area contributed by atoms with Gasteiger partial charge in [-0.1, -0.05) is 0 Å². The largest absolute Gasteiger partial charge is 0.480 e. The fourth-order valence-corrected chi connectivity index (χ4v) is 2.12. The minimum atomic E-state index is -1.07. The Morgan fingerprint density at radius 3 is 2.68 bits per heavy atom. The van der Waals surface area contributed by atoms with E-state index in [9.17, 15) is 9.59 Å². The Balaban J connectivity index is 1.94. The van der Waals surface area contributed by atoms with E-state index < -0.39 is 11.5 Å². The maximum atomic E-state index is 12.0. The van der Waals surface area contributed by atoms with Crippen molar-refractivity contribution in [3.63, 3.8) is 0 Å². The van der Waals surface area contributed by atoms with Gasteiger partial charge in [0.2, 0.25) is 0 Å². The van der Waals surface area contributed by atoms with E-state index in [2.05, 4.69) is 10.4 Å². The summed E-state index contributed by atoms with van der Waals surface area (Å²) >= 11 is 0. The molecule has 2 amide bonds. The standard InChI is InChI=1S/C12H18N4O3/c1-15(7-9-6-13-16(2)8-9)11(19)14-12(10(17)18)4-3-5-12/h6,8H,3-5,7H2,1-2H3,(H,14,19)(H,17,18). The number of hydrogen-bond acceptors (Lipinski definition) is 3. The maximum Gasteiger partial charge on any atom is 0.329 e. The number of urea groups is 1. The number of carbonyl (C=O) groups excluding carboxylic acids is 1. The number of rotatable bonds is 4. The number of nitrogens with zero attached hydrogens (tertiary/aromatic N) is 3. The summed E-state index contributed by atoms with van der Waals surface area (Å²) in [5.41, 5.74) is -0.168. The van der Waals surface area contributed by atoms with Crippen molar-refractivity contribution in [1.29, 1.82) is 0 Å². The summed E-state index contributed by atoms with van der Waals surface area (Å²) in [6, 6.07) is -0.369. The summed E-state index contributed by atoms with van der Waals surface area (Å²) in [6.45, 7) is 0.398. The van der Waals surface area contributed by atoms with E-state index in [0.29, 0.717) is 19.4 Å². The fourth-order valence-electron chi connectivity index (χ4n) is 2.12. The van der Waals surface area contributed by atoms with Crippen molar-refractivity contribution in [2.24, 2.45) is 7.05 Å². The van der Waals surface area contributed by atoms with Crippen molar-refractivity contribution in [2.75, 3.05) is 7.05 Å². The predicted molar refractivity (Wildman–Crippen MR) is 67.4 cm³/mol. The number of hydrogen-bond donors (Lipinski definition) is 2. The summed E-state index contributed by atoms with van der Waals surface area (Å²) < 4.78 is 1.66. The first kappa shape index (κ1) is 13.4. The van der Waals surface area contributed by atoms with Crippen molar-refractivity contribution in [2.45, 2.75) is 31.3 Å². The van der Waals surface area contributed by atoms with Crippen LogP contribution in [0.2, 0.25) is 0 Å². The number of carboxylic acid groups (broad SMARTS) is 1. The molecule has 0 aromatic carbocycles. The van der Waals surface area contributed by atoms with Gasteiger partial charge in [0.15, 0.2) is 0 Å². The minimum Gasteiger partial charge on any atom is -0.480 e. The lowest BCUT2D eigenvalue weighted by molar-refractivity contribution is -0.148. The molecular weight excluding hydrogens is 248 g/mol. The number of aryl methyl sites for hydroxylation is 1.